The molecule has 0 aliphatic rings. The molecule has 0 spiro atoms. The molecule has 0 fully saturated rings. The number of hydrogen-bond acceptors (Lipinski definition) is 4. The summed E-state index contributed by atoms with van der Waals surface area (Å²) in [6.45, 7) is 0. The lowest BCUT2D eigenvalue weighted by molar-refractivity contribution is -0.384. The quantitative estimate of drug-likeness (QED) is 0.490. The Morgan fingerprint density at radius 1 is 1.20 bits per heavy atom. The van der Waals surface area contributed by atoms with E-state index in [1.54, 1.807) is 6.07 Å². The van der Waals surface area contributed by atoms with Crippen molar-refractivity contribution >= 4 is 11.7 Å². The van der Waals surface area contributed by atoms with Gasteiger partial charge in [0.1, 0.15) is 5.82 Å². The van der Waals surface area contributed by atoms with Crippen molar-refractivity contribution in [1.82, 2.24) is 0 Å². The fourth-order valence-corrected chi connectivity index (χ4v) is 1.79. The minimum atomic E-state index is -0.689. The second-order valence-electron chi connectivity index (χ2n) is 4.03. The zero-order valence-corrected chi connectivity index (χ0v) is 10.5. The number of halogens is 1. The van der Waals surface area contributed by atoms with E-state index in [0.29, 0.717) is 11.1 Å². The number of carbonyl (C=O) groups excluding carboxylic acids is 1. The van der Waals surface area contributed by atoms with Crippen molar-refractivity contribution in [2.24, 2.45) is 0 Å². The number of ether oxygens (including phenoxy) is 1. The van der Waals surface area contributed by atoms with Crippen molar-refractivity contribution in [1.29, 1.82) is 0 Å². The number of non-ortho nitro benzene ring substituents is 1. The van der Waals surface area contributed by atoms with Crippen LogP contribution in [0.15, 0.2) is 42.5 Å². The first-order chi connectivity index (χ1) is 9.51. The maximum atomic E-state index is 13.2. The summed E-state index contributed by atoms with van der Waals surface area (Å²) in [4.78, 5) is 21.8. The minimum Gasteiger partial charge on any atom is -0.465 e. The molecule has 0 amide bonds. The molecule has 2 aromatic rings. The SMILES string of the molecule is COC(=O)c1cc(-c2cccc(F)c2)cc([N+](=O)[O-])c1. The van der Waals surface area contributed by atoms with Gasteiger partial charge in [-0.05, 0) is 29.3 Å². The van der Waals surface area contributed by atoms with Gasteiger partial charge >= 0.3 is 5.97 Å². The Hall–Kier alpha value is -2.76. The van der Waals surface area contributed by atoms with Crippen LogP contribution in [0.2, 0.25) is 0 Å². The first-order valence-corrected chi connectivity index (χ1v) is 5.65. The number of methoxy groups -OCH3 is 1. The lowest BCUT2D eigenvalue weighted by atomic mass is 10.0. The third-order valence-electron chi connectivity index (χ3n) is 2.71. The highest BCUT2D eigenvalue weighted by Gasteiger charge is 2.15. The van der Waals surface area contributed by atoms with Gasteiger partial charge in [-0.3, -0.25) is 10.1 Å². The summed E-state index contributed by atoms with van der Waals surface area (Å²) in [7, 11) is 1.18. The first kappa shape index (κ1) is 13.7. The molecule has 5 nitrogen and oxygen atoms in total. The predicted molar refractivity (Wildman–Crippen MR) is 69.8 cm³/mol. The number of nitro benzene ring substituents is 1. The molecule has 0 unspecified atom stereocenters. The number of nitro groups is 1. The summed E-state index contributed by atoms with van der Waals surface area (Å²) in [5, 5.41) is 10.9. The molecule has 0 atom stereocenters. The van der Waals surface area contributed by atoms with Crippen molar-refractivity contribution in [3.8, 4) is 11.1 Å². The Kier molecular flexibility index (Phi) is 3.74. The summed E-state index contributed by atoms with van der Waals surface area (Å²) in [5.41, 5.74) is 0.603. The topological polar surface area (TPSA) is 69.4 Å². The van der Waals surface area contributed by atoms with Crippen LogP contribution in [0.25, 0.3) is 11.1 Å². The van der Waals surface area contributed by atoms with Gasteiger partial charge in [0.25, 0.3) is 5.69 Å². The average Bonchev–Trinajstić information content (AvgIpc) is 2.45. The number of nitrogens with zero attached hydrogens (tertiary/aromatic N) is 1. The third kappa shape index (κ3) is 2.80. The van der Waals surface area contributed by atoms with Crippen LogP contribution in [0.4, 0.5) is 10.1 Å². The molecular weight excluding hydrogens is 265 g/mol. The summed E-state index contributed by atoms with van der Waals surface area (Å²) in [6.07, 6.45) is 0. The largest absolute Gasteiger partial charge is 0.465 e. The zero-order chi connectivity index (χ0) is 14.7. The van der Waals surface area contributed by atoms with E-state index in [-0.39, 0.29) is 11.3 Å². The van der Waals surface area contributed by atoms with Gasteiger partial charge < -0.3 is 4.74 Å². The van der Waals surface area contributed by atoms with Crippen molar-refractivity contribution in [3.05, 3.63) is 64.0 Å². The number of esters is 1. The van der Waals surface area contributed by atoms with Crippen LogP contribution in [-0.2, 0) is 4.74 Å². The molecule has 0 bridgehead atoms. The molecule has 6 heteroatoms. The Balaban J connectivity index is 2.60. The van der Waals surface area contributed by atoms with Gasteiger partial charge in [0.2, 0.25) is 0 Å². The van der Waals surface area contributed by atoms with Crippen molar-refractivity contribution < 1.29 is 18.8 Å². The van der Waals surface area contributed by atoms with E-state index in [9.17, 15) is 19.3 Å². The maximum Gasteiger partial charge on any atom is 0.338 e. The van der Waals surface area contributed by atoms with Crippen molar-refractivity contribution in [3.63, 3.8) is 0 Å². The minimum absolute atomic E-state index is 0.0426. The van der Waals surface area contributed by atoms with E-state index < -0.39 is 16.7 Å². The smallest absolute Gasteiger partial charge is 0.338 e. The average molecular weight is 275 g/mol. The molecule has 20 heavy (non-hydrogen) atoms. The van der Waals surface area contributed by atoms with E-state index in [1.165, 1.54) is 37.4 Å². The van der Waals surface area contributed by atoms with Crippen LogP contribution in [0.3, 0.4) is 0 Å². The molecule has 0 saturated heterocycles. The van der Waals surface area contributed by atoms with Gasteiger partial charge in [-0.25, -0.2) is 9.18 Å². The van der Waals surface area contributed by atoms with E-state index in [0.717, 1.165) is 6.07 Å². The van der Waals surface area contributed by atoms with Gasteiger partial charge in [-0.2, -0.15) is 0 Å². The molecule has 0 heterocycles. The van der Waals surface area contributed by atoms with Crippen LogP contribution in [0, 0.1) is 15.9 Å². The second-order valence-corrected chi connectivity index (χ2v) is 4.03. The normalized spacial score (nSPS) is 10.1. The third-order valence-corrected chi connectivity index (χ3v) is 2.71. The standard InChI is InChI=1S/C14H10FNO4/c1-20-14(17)11-5-10(7-13(8-11)16(18)19)9-3-2-4-12(15)6-9/h2-8H,1H3. The van der Waals surface area contributed by atoms with E-state index in [4.69, 9.17) is 0 Å². The summed E-state index contributed by atoms with van der Waals surface area (Å²) in [6, 6.07) is 9.41. The molecular formula is C14H10FNO4. The highest BCUT2D eigenvalue weighted by Crippen LogP contribution is 2.27. The molecule has 2 rings (SSSR count). The van der Waals surface area contributed by atoms with Crippen LogP contribution in [0.5, 0.6) is 0 Å². The zero-order valence-electron chi connectivity index (χ0n) is 10.5. The molecule has 0 N–H and O–H groups in total. The van der Waals surface area contributed by atoms with Gasteiger partial charge in [0, 0.05) is 12.1 Å². The van der Waals surface area contributed by atoms with Crippen LogP contribution >= 0.6 is 0 Å². The Morgan fingerprint density at radius 2 is 1.95 bits per heavy atom. The predicted octanol–water partition coefficient (Wildman–Crippen LogP) is 3.19. The molecule has 0 saturated carbocycles. The van der Waals surface area contributed by atoms with Crippen LogP contribution in [-0.4, -0.2) is 18.0 Å². The number of hydrogen-bond donors (Lipinski definition) is 0. The molecule has 102 valence electrons. The van der Waals surface area contributed by atoms with Crippen molar-refractivity contribution in [2.75, 3.05) is 7.11 Å². The summed E-state index contributed by atoms with van der Waals surface area (Å²) < 4.78 is 17.8. The fourth-order valence-electron chi connectivity index (χ4n) is 1.79. The van der Waals surface area contributed by atoms with Gasteiger partial charge in [0.15, 0.2) is 0 Å². The molecule has 0 aliphatic carbocycles. The Morgan fingerprint density at radius 3 is 2.55 bits per heavy atom. The Labute approximate surface area is 113 Å². The van der Waals surface area contributed by atoms with Gasteiger partial charge in [0.05, 0.1) is 17.6 Å². The lowest BCUT2D eigenvalue weighted by Gasteiger charge is -2.05. The highest BCUT2D eigenvalue weighted by molar-refractivity contribution is 5.92. The van der Waals surface area contributed by atoms with Crippen molar-refractivity contribution in [2.45, 2.75) is 0 Å². The monoisotopic (exact) mass is 275 g/mol. The highest BCUT2D eigenvalue weighted by atomic mass is 19.1. The molecule has 0 aromatic heterocycles. The maximum absolute atomic E-state index is 13.2. The van der Waals surface area contributed by atoms with E-state index >= 15 is 0 Å². The van der Waals surface area contributed by atoms with Crippen LogP contribution < -0.4 is 0 Å². The van der Waals surface area contributed by atoms with Gasteiger partial charge in [-0.15, -0.1) is 0 Å². The number of carbonyl (C=O) groups is 1. The fraction of sp³-hybridized carbons (Fsp3) is 0.0714. The summed E-state index contributed by atoms with van der Waals surface area (Å²) >= 11 is 0. The number of rotatable bonds is 3. The van der Waals surface area contributed by atoms with E-state index in [1.807, 2.05) is 0 Å². The van der Waals surface area contributed by atoms with Crippen LogP contribution in [0.1, 0.15) is 10.4 Å². The molecule has 2 aromatic carbocycles. The first-order valence-electron chi connectivity index (χ1n) is 5.65. The summed E-state index contributed by atoms with van der Waals surface area (Å²) in [5.74, 6) is -1.15. The molecule has 0 aliphatic heterocycles. The van der Waals surface area contributed by atoms with Gasteiger partial charge in [-0.1, -0.05) is 12.1 Å². The molecule has 0 radical (unpaired) electrons. The second kappa shape index (κ2) is 5.48. The van der Waals surface area contributed by atoms with E-state index in [2.05, 4.69) is 4.74 Å². The Bertz CT molecular complexity index is 685. The number of benzene rings is 2. The lowest BCUT2D eigenvalue weighted by Crippen LogP contribution is -2.02.